The lowest BCUT2D eigenvalue weighted by molar-refractivity contribution is 0.186. The third-order valence-electron chi connectivity index (χ3n) is 2.74. The van der Waals surface area contributed by atoms with Crippen LogP contribution in [-0.2, 0) is 0 Å². The zero-order valence-electron chi connectivity index (χ0n) is 9.18. The fourth-order valence-electron chi connectivity index (χ4n) is 1.83. The Balaban J connectivity index is 2.40. The molecule has 0 aromatic heterocycles. The first-order valence-electron chi connectivity index (χ1n) is 5.47. The van der Waals surface area contributed by atoms with Crippen molar-refractivity contribution in [2.24, 2.45) is 0 Å². The van der Waals surface area contributed by atoms with Crippen molar-refractivity contribution in [3.8, 4) is 0 Å². The van der Waals surface area contributed by atoms with Crippen LogP contribution in [0.4, 0.5) is 4.79 Å². The quantitative estimate of drug-likeness (QED) is 0.690. The maximum atomic E-state index is 11.5. The van der Waals surface area contributed by atoms with E-state index in [9.17, 15) is 4.79 Å². The van der Waals surface area contributed by atoms with Gasteiger partial charge in [0.05, 0.1) is 0 Å². The normalized spacial score (nSPS) is 22.6. The van der Waals surface area contributed by atoms with Crippen molar-refractivity contribution in [2.75, 3.05) is 26.7 Å². The van der Waals surface area contributed by atoms with Gasteiger partial charge in [0.1, 0.15) is 0 Å². The lowest BCUT2D eigenvalue weighted by Gasteiger charge is -2.26. The summed E-state index contributed by atoms with van der Waals surface area (Å²) in [5, 5.41) is 6.17. The fourth-order valence-corrected chi connectivity index (χ4v) is 1.83. The summed E-state index contributed by atoms with van der Waals surface area (Å²) < 4.78 is 0. The molecule has 1 saturated heterocycles. The Morgan fingerprint density at radius 1 is 1.50 bits per heavy atom. The van der Waals surface area contributed by atoms with Gasteiger partial charge in [-0.1, -0.05) is 0 Å². The molecule has 0 bridgehead atoms. The monoisotopic (exact) mass is 199 g/mol. The summed E-state index contributed by atoms with van der Waals surface area (Å²) in [5.41, 5.74) is 0. The van der Waals surface area contributed by atoms with E-state index in [0.29, 0.717) is 12.6 Å². The molecule has 1 heterocycles. The van der Waals surface area contributed by atoms with E-state index in [2.05, 4.69) is 10.6 Å². The maximum Gasteiger partial charge on any atom is 0.317 e. The third kappa shape index (κ3) is 3.18. The van der Waals surface area contributed by atoms with Gasteiger partial charge in [-0.3, -0.25) is 0 Å². The van der Waals surface area contributed by atoms with Crippen LogP contribution in [-0.4, -0.2) is 43.7 Å². The molecule has 82 valence electrons. The van der Waals surface area contributed by atoms with Gasteiger partial charge in [-0.2, -0.15) is 0 Å². The molecule has 0 aromatic rings. The summed E-state index contributed by atoms with van der Waals surface area (Å²) in [7, 11) is 1.89. The first-order valence-corrected chi connectivity index (χ1v) is 5.47. The molecule has 0 spiro atoms. The number of hydrogen-bond acceptors (Lipinski definition) is 2. The molecule has 4 nitrogen and oxygen atoms in total. The molecule has 0 aliphatic carbocycles. The molecule has 2 amide bonds. The van der Waals surface area contributed by atoms with Crippen LogP contribution in [0.25, 0.3) is 0 Å². The average molecular weight is 199 g/mol. The smallest absolute Gasteiger partial charge is 0.317 e. The number of amides is 2. The SMILES string of the molecule is CCNC(=O)N(C)C1CCCNCC1. The van der Waals surface area contributed by atoms with Crippen molar-refractivity contribution >= 4 is 6.03 Å². The lowest BCUT2D eigenvalue weighted by atomic mass is 10.1. The second-order valence-corrected chi connectivity index (χ2v) is 3.78. The highest BCUT2D eigenvalue weighted by atomic mass is 16.2. The minimum Gasteiger partial charge on any atom is -0.338 e. The van der Waals surface area contributed by atoms with E-state index in [1.807, 2.05) is 18.9 Å². The zero-order chi connectivity index (χ0) is 10.4. The van der Waals surface area contributed by atoms with Gasteiger partial charge in [-0.05, 0) is 39.3 Å². The predicted octanol–water partition coefficient (Wildman–Crippen LogP) is 0.790. The highest BCUT2D eigenvalue weighted by molar-refractivity contribution is 5.74. The van der Waals surface area contributed by atoms with Crippen LogP contribution in [0.5, 0.6) is 0 Å². The summed E-state index contributed by atoms with van der Waals surface area (Å²) in [4.78, 5) is 13.4. The van der Waals surface area contributed by atoms with E-state index in [1.54, 1.807) is 0 Å². The van der Waals surface area contributed by atoms with E-state index in [0.717, 1.165) is 32.4 Å². The first kappa shape index (κ1) is 11.3. The number of rotatable bonds is 2. The average Bonchev–Trinajstić information content (AvgIpc) is 2.45. The number of nitrogens with zero attached hydrogens (tertiary/aromatic N) is 1. The molecule has 1 aliphatic rings. The minimum absolute atomic E-state index is 0.0550. The first-order chi connectivity index (χ1) is 6.75. The van der Waals surface area contributed by atoms with Crippen molar-refractivity contribution in [3.63, 3.8) is 0 Å². The molecule has 1 atom stereocenters. The molecule has 14 heavy (non-hydrogen) atoms. The van der Waals surface area contributed by atoms with Crippen LogP contribution in [0.15, 0.2) is 0 Å². The molecule has 1 rings (SSSR count). The van der Waals surface area contributed by atoms with E-state index in [4.69, 9.17) is 0 Å². The lowest BCUT2D eigenvalue weighted by Crippen LogP contribution is -2.43. The molecule has 0 radical (unpaired) electrons. The van der Waals surface area contributed by atoms with Crippen molar-refractivity contribution in [1.82, 2.24) is 15.5 Å². The van der Waals surface area contributed by atoms with Gasteiger partial charge < -0.3 is 15.5 Å². The summed E-state index contributed by atoms with van der Waals surface area (Å²) in [6, 6.07) is 0.455. The second kappa shape index (κ2) is 5.86. The molecular formula is C10H21N3O. The topological polar surface area (TPSA) is 44.4 Å². The van der Waals surface area contributed by atoms with Crippen LogP contribution in [0, 0.1) is 0 Å². The number of hydrogen-bond donors (Lipinski definition) is 2. The summed E-state index contributed by atoms with van der Waals surface area (Å²) in [6.07, 6.45) is 3.34. The fraction of sp³-hybridized carbons (Fsp3) is 0.900. The zero-order valence-corrected chi connectivity index (χ0v) is 9.18. The minimum atomic E-state index is 0.0550. The van der Waals surface area contributed by atoms with Crippen LogP contribution in [0.2, 0.25) is 0 Å². The van der Waals surface area contributed by atoms with Gasteiger partial charge in [0, 0.05) is 19.6 Å². The Kier molecular flexibility index (Phi) is 4.73. The number of carbonyl (C=O) groups is 1. The van der Waals surface area contributed by atoms with Gasteiger partial charge in [-0.15, -0.1) is 0 Å². The molecule has 0 saturated carbocycles. The third-order valence-corrected chi connectivity index (χ3v) is 2.74. The van der Waals surface area contributed by atoms with Crippen molar-refractivity contribution in [3.05, 3.63) is 0 Å². The van der Waals surface area contributed by atoms with E-state index in [-0.39, 0.29) is 6.03 Å². The van der Waals surface area contributed by atoms with Gasteiger partial charge in [0.15, 0.2) is 0 Å². The largest absolute Gasteiger partial charge is 0.338 e. The van der Waals surface area contributed by atoms with E-state index >= 15 is 0 Å². The summed E-state index contributed by atoms with van der Waals surface area (Å²) in [6.45, 7) is 4.75. The molecular weight excluding hydrogens is 178 g/mol. The van der Waals surface area contributed by atoms with Crippen molar-refractivity contribution in [1.29, 1.82) is 0 Å². The van der Waals surface area contributed by atoms with Gasteiger partial charge in [-0.25, -0.2) is 4.79 Å². The Morgan fingerprint density at radius 3 is 3.00 bits per heavy atom. The van der Waals surface area contributed by atoms with Crippen LogP contribution < -0.4 is 10.6 Å². The van der Waals surface area contributed by atoms with E-state index < -0.39 is 0 Å². The van der Waals surface area contributed by atoms with Crippen LogP contribution in [0.1, 0.15) is 26.2 Å². The molecule has 1 unspecified atom stereocenters. The Morgan fingerprint density at radius 2 is 2.29 bits per heavy atom. The van der Waals surface area contributed by atoms with Gasteiger partial charge in [0.2, 0.25) is 0 Å². The maximum absolute atomic E-state index is 11.5. The highest BCUT2D eigenvalue weighted by Crippen LogP contribution is 2.11. The Bertz CT molecular complexity index is 176. The number of urea groups is 1. The molecule has 2 N–H and O–H groups in total. The summed E-state index contributed by atoms with van der Waals surface area (Å²) >= 11 is 0. The summed E-state index contributed by atoms with van der Waals surface area (Å²) in [5.74, 6) is 0. The van der Waals surface area contributed by atoms with Crippen molar-refractivity contribution < 1.29 is 4.79 Å². The molecule has 1 fully saturated rings. The molecule has 1 aliphatic heterocycles. The predicted molar refractivity (Wildman–Crippen MR) is 57.3 cm³/mol. The Labute approximate surface area is 86.0 Å². The highest BCUT2D eigenvalue weighted by Gasteiger charge is 2.20. The van der Waals surface area contributed by atoms with Gasteiger partial charge >= 0.3 is 6.03 Å². The standard InChI is InChI=1S/C10H21N3O/c1-3-12-10(14)13(2)9-5-4-7-11-8-6-9/h9,11H,3-8H2,1-2H3,(H,12,14). The van der Waals surface area contributed by atoms with Crippen LogP contribution >= 0.6 is 0 Å². The van der Waals surface area contributed by atoms with Crippen LogP contribution in [0.3, 0.4) is 0 Å². The molecule has 0 aromatic carbocycles. The molecule has 4 heteroatoms. The van der Waals surface area contributed by atoms with Gasteiger partial charge in [0.25, 0.3) is 0 Å². The second-order valence-electron chi connectivity index (χ2n) is 3.78. The van der Waals surface area contributed by atoms with E-state index in [1.165, 1.54) is 0 Å². The van der Waals surface area contributed by atoms with Crippen molar-refractivity contribution in [2.45, 2.75) is 32.2 Å². The Hall–Kier alpha value is -0.770. The number of nitrogens with one attached hydrogen (secondary N) is 2. The number of carbonyl (C=O) groups excluding carboxylic acids is 1.